The van der Waals surface area contributed by atoms with E-state index < -0.39 is 0 Å². The lowest BCUT2D eigenvalue weighted by atomic mass is 9.78. The number of aryl methyl sites for hydroxylation is 1. The van der Waals surface area contributed by atoms with Crippen molar-refractivity contribution in [2.24, 2.45) is 17.8 Å². The molecule has 0 heterocycles. The maximum atomic E-state index is 4.49. The summed E-state index contributed by atoms with van der Waals surface area (Å²) >= 11 is 0. The van der Waals surface area contributed by atoms with Gasteiger partial charge in [0, 0.05) is 0 Å². The molecule has 0 heteroatoms. The molecule has 0 radical (unpaired) electrons. The van der Waals surface area contributed by atoms with Crippen molar-refractivity contribution in [1.29, 1.82) is 0 Å². The summed E-state index contributed by atoms with van der Waals surface area (Å²) in [7, 11) is 0. The van der Waals surface area contributed by atoms with E-state index in [1.807, 2.05) is 0 Å². The highest BCUT2D eigenvalue weighted by atomic mass is 14.3. The zero-order valence-corrected chi connectivity index (χ0v) is 27.0. The average Bonchev–Trinajstić information content (AvgIpc) is 3.03. The highest BCUT2D eigenvalue weighted by Gasteiger charge is 2.20. The number of benzene rings is 3. The fourth-order valence-corrected chi connectivity index (χ4v) is 6.94. The molecule has 43 heavy (non-hydrogen) atoms. The Labute approximate surface area is 262 Å². The molecule has 224 valence electrons. The van der Waals surface area contributed by atoms with E-state index in [1.165, 1.54) is 78.3 Å². The highest BCUT2D eigenvalue weighted by molar-refractivity contribution is 5.50. The van der Waals surface area contributed by atoms with Crippen LogP contribution >= 0.6 is 0 Å². The molecular formula is C43H52. The summed E-state index contributed by atoms with van der Waals surface area (Å²) in [5.41, 5.74) is 13.2. The molecule has 1 unspecified atom stereocenters. The lowest BCUT2D eigenvalue weighted by Crippen LogP contribution is -2.15. The van der Waals surface area contributed by atoms with Crippen molar-refractivity contribution in [3.8, 4) is 0 Å². The summed E-state index contributed by atoms with van der Waals surface area (Å²) in [4.78, 5) is 0. The number of hydrogen-bond acceptors (Lipinski definition) is 0. The zero-order chi connectivity index (χ0) is 30.0. The molecule has 5 rings (SSSR count). The van der Waals surface area contributed by atoms with E-state index in [0.717, 1.165) is 37.5 Å². The molecule has 2 aliphatic rings. The van der Waals surface area contributed by atoms with Crippen LogP contribution in [0.1, 0.15) is 91.7 Å². The van der Waals surface area contributed by atoms with Crippen LogP contribution in [0, 0.1) is 31.6 Å². The fraction of sp³-hybridized carbons (Fsp3) is 0.395. The van der Waals surface area contributed by atoms with Gasteiger partial charge in [0.1, 0.15) is 0 Å². The van der Waals surface area contributed by atoms with Gasteiger partial charge in [0.2, 0.25) is 0 Å². The van der Waals surface area contributed by atoms with Crippen LogP contribution in [0.5, 0.6) is 0 Å². The van der Waals surface area contributed by atoms with E-state index in [1.54, 1.807) is 16.7 Å². The predicted molar refractivity (Wildman–Crippen MR) is 187 cm³/mol. The van der Waals surface area contributed by atoms with Crippen molar-refractivity contribution >= 4 is 6.08 Å². The van der Waals surface area contributed by atoms with Gasteiger partial charge in [0.05, 0.1) is 0 Å². The molecule has 2 aliphatic carbocycles. The largest absolute Gasteiger partial charge is 0.0996 e. The third-order valence-electron chi connectivity index (χ3n) is 10.3. The van der Waals surface area contributed by atoms with E-state index in [9.17, 15) is 0 Å². The van der Waals surface area contributed by atoms with Crippen molar-refractivity contribution in [2.45, 2.75) is 91.4 Å². The molecule has 0 amide bonds. The molecule has 0 N–H and O–H groups in total. The third kappa shape index (κ3) is 9.30. The van der Waals surface area contributed by atoms with Crippen LogP contribution in [-0.4, -0.2) is 0 Å². The van der Waals surface area contributed by atoms with E-state index in [4.69, 9.17) is 0 Å². The Morgan fingerprint density at radius 2 is 1.53 bits per heavy atom. The Hall–Kier alpha value is -3.38. The standard InChI is InChI=1S/C43H52/c1-32(13-14-36-19-25-41(26-20-36)30-39-10-6-5-7-11-39)34(3)29-40-23-17-37(18-24-40)15-16-38-21-27-42(28-22-38)31-43-12-8-9-33(2)35(43)4/h5-12,15-19,23-25,34,38,42H,1,13-14,20-22,26-31H2,2-4H3. The first-order valence-electron chi connectivity index (χ1n) is 16.8. The summed E-state index contributed by atoms with van der Waals surface area (Å²) in [6, 6.07) is 26.9. The van der Waals surface area contributed by atoms with Crippen LogP contribution in [0.25, 0.3) is 6.08 Å². The van der Waals surface area contributed by atoms with E-state index >= 15 is 0 Å². The monoisotopic (exact) mass is 568 g/mol. The Balaban J connectivity index is 1.02. The maximum Gasteiger partial charge on any atom is -0.00639 e. The molecular weight excluding hydrogens is 516 g/mol. The Bertz CT molecular complexity index is 1420. The molecule has 3 aromatic carbocycles. The zero-order valence-electron chi connectivity index (χ0n) is 27.0. The van der Waals surface area contributed by atoms with Crippen LogP contribution < -0.4 is 0 Å². The quantitative estimate of drug-likeness (QED) is 0.191. The molecule has 1 fully saturated rings. The van der Waals surface area contributed by atoms with Crippen LogP contribution in [0.3, 0.4) is 0 Å². The Kier molecular flexibility index (Phi) is 11.1. The summed E-state index contributed by atoms with van der Waals surface area (Å²) < 4.78 is 0. The second kappa shape index (κ2) is 15.4. The smallest absolute Gasteiger partial charge is 0.00639 e. The van der Waals surface area contributed by atoms with Gasteiger partial charge in [-0.25, -0.2) is 0 Å². The maximum absolute atomic E-state index is 4.49. The normalized spacial score (nSPS) is 19.6. The minimum absolute atomic E-state index is 0.508. The first kappa shape index (κ1) is 31.1. The van der Waals surface area contributed by atoms with Crippen molar-refractivity contribution in [1.82, 2.24) is 0 Å². The second-order valence-electron chi connectivity index (χ2n) is 13.5. The van der Waals surface area contributed by atoms with Gasteiger partial charge in [0.15, 0.2) is 0 Å². The number of allylic oxidation sites excluding steroid dienone is 6. The van der Waals surface area contributed by atoms with Crippen molar-refractivity contribution in [3.05, 3.63) is 148 Å². The van der Waals surface area contributed by atoms with Crippen molar-refractivity contribution in [3.63, 3.8) is 0 Å². The molecule has 0 saturated heterocycles. The average molecular weight is 569 g/mol. The highest BCUT2D eigenvalue weighted by Crippen LogP contribution is 2.33. The summed E-state index contributed by atoms with van der Waals surface area (Å²) in [5.74, 6) is 2.08. The van der Waals surface area contributed by atoms with Gasteiger partial charge in [0.25, 0.3) is 0 Å². The van der Waals surface area contributed by atoms with Gasteiger partial charge in [-0.2, -0.15) is 0 Å². The van der Waals surface area contributed by atoms with Crippen molar-refractivity contribution in [2.75, 3.05) is 0 Å². The SMILES string of the molecule is C=C(CCC1=CC=C(Cc2ccccc2)CC1)C(C)Cc1ccc(C=CC2CCC(Cc3cccc(C)c3C)CC2)cc1. The Morgan fingerprint density at radius 3 is 2.26 bits per heavy atom. The lowest BCUT2D eigenvalue weighted by Gasteiger charge is -2.27. The topological polar surface area (TPSA) is 0 Å². The van der Waals surface area contributed by atoms with Gasteiger partial charge in [-0.1, -0.05) is 127 Å². The first-order chi connectivity index (χ1) is 20.9. The van der Waals surface area contributed by atoms with Gasteiger partial charge in [-0.3, -0.25) is 0 Å². The van der Waals surface area contributed by atoms with Gasteiger partial charge in [-0.05, 0) is 136 Å². The molecule has 0 bridgehead atoms. The number of rotatable bonds is 12. The molecule has 3 aromatic rings. The minimum Gasteiger partial charge on any atom is -0.0996 e. The second-order valence-corrected chi connectivity index (χ2v) is 13.5. The van der Waals surface area contributed by atoms with Gasteiger partial charge < -0.3 is 0 Å². The number of hydrogen-bond donors (Lipinski definition) is 0. The minimum atomic E-state index is 0.508. The molecule has 0 aliphatic heterocycles. The lowest BCUT2D eigenvalue weighted by molar-refractivity contribution is 0.309. The molecule has 1 atom stereocenters. The van der Waals surface area contributed by atoms with Crippen LogP contribution in [0.4, 0.5) is 0 Å². The van der Waals surface area contributed by atoms with Crippen molar-refractivity contribution < 1.29 is 0 Å². The predicted octanol–water partition coefficient (Wildman–Crippen LogP) is 11.8. The van der Waals surface area contributed by atoms with Crippen LogP contribution in [0.15, 0.2) is 114 Å². The summed E-state index contributed by atoms with van der Waals surface area (Å²) in [6.07, 6.45) is 23.0. The first-order valence-corrected chi connectivity index (χ1v) is 16.8. The van der Waals surface area contributed by atoms with E-state index in [-0.39, 0.29) is 0 Å². The van der Waals surface area contributed by atoms with Crippen LogP contribution in [0.2, 0.25) is 0 Å². The summed E-state index contributed by atoms with van der Waals surface area (Å²) in [5, 5.41) is 0. The van der Waals surface area contributed by atoms with Crippen LogP contribution in [-0.2, 0) is 19.3 Å². The van der Waals surface area contributed by atoms with E-state index in [0.29, 0.717) is 5.92 Å². The van der Waals surface area contributed by atoms with E-state index in [2.05, 4.69) is 124 Å². The third-order valence-corrected chi connectivity index (χ3v) is 10.3. The molecule has 1 saturated carbocycles. The van der Waals surface area contributed by atoms with Gasteiger partial charge in [-0.15, -0.1) is 0 Å². The fourth-order valence-electron chi connectivity index (χ4n) is 6.94. The Morgan fingerprint density at radius 1 is 0.814 bits per heavy atom. The molecule has 0 spiro atoms. The molecule has 0 aromatic heterocycles. The molecule has 0 nitrogen and oxygen atoms in total. The summed E-state index contributed by atoms with van der Waals surface area (Å²) in [6.45, 7) is 11.4. The van der Waals surface area contributed by atoms with Gasteiger partial charge >= 0.3 is 0 Å².